The van der Waals surface area contributed by atoms with E-state index in [4.69, 9.17) is 0 Å². The SMILES string of the molecule is CC(O)(CSc1ccc(F)cc1)C(=O)Nc1ccc(N=C=S)c(C(F)(F)F)c1. The first kappa shape index (κ1) is 22.0. The lowest BCUT2D eigenvalue weighted by Gasteiger charge is -2.22. The Hall–Kier alpha value is -2.26. The first-order valence-corrected chi connectivity index (χ1v) is 9.13. The predicted octanol–water partition coefficient (Wildman–Crippen LogP) is 5.06. The molecule has 28 heavy (non-hydrogen) atoms. The van der Waals surface area contributed by atoms with E-state index in [1.165, 1.54) is 37.3 Å². The number of halogens is 4. The molecule has 2 aromatic carbocycles. The Balaban J connectivity index is 2.13. The summed E-state index contributed by atoms with van der Waals surface area (Å²) in [7, 11) is 0. The number of amides is 1. The van der Waals surface area contributed by atoms with Crippen molar-refractivity contribution >= 4 is 46.4 Å². The van der Waals surface area contributed by atoms with Crippen LogP contribution in [0, 0.1) is 5.82 Å². The van der Waals surface area contributed by atoms with Crippen LogP contribution in [0.4, 0.5) is 28.9 Å². The Labute approximate surface area is 167 Å². The van der Waals surface area contributed by atoms with E-state index in [0.29, 0.717) is 11.0 Å². The minimum atomic E-state index is -4.72. The van der Waals surface area contributed by atoms with Gasteiger partial charge in [-0.05, 0) is 61.6 Å². The Morgan fingerprint density at radius 3 is 2.46 bits per heavy atom. The number of nitrogens with one attached hydrogen (secondary N) is 1. The Kier molecular flexibility index (Phi) is 6.95. The van der Waals surface area contributed by atoms with Gasteiger partial charge in [0, 0.05) is 16.3 Å². The van der Waals surface area contributed by atoms with Gasteiger partial charge >= 0.3 is 6.18 Å². The molecule has 2 aromatic rings. The fourth-order valence-corrected chi connectivity index (χ4v) is 3.08. The second-order valence-corrected chi connectivity index (χ2v) is 7.13. The summed E-state index contributed by atoms with van der Waals surface area (Å²) < 4.78 is 52.3. The van der Waals surface area contributed by atoms with Crippen LogP contribution >= 0.6 is 24.0 Å². The third-order valence-corrected chi connectivity index (χ3v) is 4.95. The zero-order chi connectivity index (χ0) is 20.9. The number of hydrogen-bond donors (Lipinski definition) is 2. The summed E-state index contributed by atoms with van der Waals surface area (Å²) in [5.41, 5.74) is -3.57. The van der Waals surface area contributed by atoms with E-state index in [0.717, 1.165) is 17.8 Å². The molecule has 2 N–H and O–H groups in total. The second-order valence-electron chi connectivity index (χ2n) is 5.90. The van der Waals surface area contributed by atoms with Crippen LogP contribution < -0.4 is 5.32 Å². The van der Waals surface area contributed by atoms with Gasteiger partial charge in [0.2, 0.25) is 0 Å². The van der Waals surface area contributed by atoms with Gasteiger partial charge in [-0.25, -0.2) is 4.39 Å². The van der Waals surface area contributed by atoms with Gasteiger partial charge in [-0.2, -0.15) is 18.2 Å². The van der Waals surface area contributed by atoms with Gasteiger partial charge in [0.05, 0.1) is 16.4 Å². The number of anilines is 1. The van der Waals surface area contributed by atoms with Gasteiger partial charge in [0.1, 0.15) is 11.4 Å². The molecule has 2 rings (SSSR count). The number of aliphatic imine (C=N–C) groups is 1. The zero-order valence-corrected chi connectivity index (χ0v) is 16.0. The third-order valence-electron chi connectivity index (χ3n) is 3.55. The summed E-state index contributed by atoms with van der Waals surface area (Å²) in [5, 5.41) is 14.5. The van der Waals surface area contributed by atoms with Crippen molar-refractivity contribution in [2.75, 3.05) is 11.1 Å². The molecule has 0 aliphatic carbocycles. The molecule has 4 nitrogen and oxygen atoms in total. The molecule has 148 valence electrons. The molecule has 0 fully saturated rings. The summed E-state index contributed by atoms with van der Waals surface area (Å²) in [5.74, 6) is -1.40. The average molecular weight is 430 g/mol. The molecule has 0 aliphatic heterocycles. The lowest BCUT2D eigenvalue weighted by Crippen LogP contribution is -2.42. The monoisotopic (exact) mass is 430 g/mol. The minimum absolute atomic E-state index is 0.0934. The molecule has 0 spiro atoms. The standard InChI is InChI=1S/C18H14F4N2O2S2/c1-17(26,9-28-13-5-2-11(19)3-6-13)16(25)24-12-4-7-15(23-10-27)14(8-12)18(20,21)22/h2-8,26H,9H2,1H3,(H,24,25). The number of rotatable bonds is 6. The lowest BCUT2D eigenvalue weighted by atomic mass is 10.1. The van der Waals surface area contributed by atoms with Gasteiger partial charge in [-0.3, -0.25) is 4.79 Å². The highest BCUT2D eigenvalue weighted by atomic mass is 32.2. The Morgan fingerprint density at radius 2 is 1.89 bits per heavy atom. The molecule has 1 amide bonds. The maximum atomic E-state index is 13.1. The number of thiocarbonyl (C=S) groups is 1. The van der Waals surface area contributed by atoms with Crippen molar-refractivity contribution in [2.45, 2.75) is 23.6 Å². The maximum Gasteiger partial charge on any atom is 0.418 e. The number of aliphatic hydroxyl groups is 1. The summed E-state index contributed by atoms with van der Waals surface area (Å²) in [6, 6.07) is 8.40. The predicted molar refractivity (Wildman–Crippen MR) is 103 cm³/mol. The molecule has 0 radical (unpaired) electrons. The first-order chi connectivity index (χ1) is 13.0. The largest absolute Gasteiger partial charge is 0.418 e. The molecule has 0 saturated heterocycles. The summed E-state index contributed by atoms with van der Waals surface area (Å²) in [6.45, 7) is 1.23. The van der Waals surface area contributed by atoms with Crippen LogP contribution in [0.1, 0.15) is 12.5 Å². The fraction of sp³-hybridized carbons (Fsp3) is 0.222. The van der Waals surface area contributed by atoms with Crippen LogP contribution in [-0.4, -0.2) is 27.5 Å². The summed E-state index contributed by atoms with van der Waals surface area (Å²) in [6.07, 6.45) is -4.72. The van der Waals surface area contributed by atoms with Gasteiger partial charge in [0.15, 0.2) is 0 Å². The van der Waals surface area contributed by atoms with E-state index in [1.54, 1.807) is 0 Å². The van der Waals surface area contributed by atoms with E-state index < -0.39 is 34.8 Å². The number of carbonyl (C=O) groups is 1. The molecule has 0 aromatic heterocycles. The average Bonchev–Trinajstić information content (AvgIpc) is 2.62. The second kappa shape index (κ2) is 8.83. The zero-order valence-electron chi connectivity index (χ0n) is 14.4. The molecule has 10 heteroatoms. The number of alkyl halides is 3. The minimum Gasteiger partial charge on any atom is -0.379 e. The highest BCUT2D eigenvalue weighted by Gasteiger charge is 2.35. The number of isothiocyanates is 1. The number of benzene rings is 2. The smallest absolute Gasteiger partial charge is 0.379 e. The van der Waals surface area contributed by atoms with E-state index in [2.05, 4.69) is 22.5 Å². The number of nitrogens with zero attached hydrogens (tertiary/aromatic N) is 1. The number of hydrogen-bond acceptors (Lipinski definition) is 5. The quantitative estimate of drug-likeness (QED) is 0.291. The van der Waals surface area contributed by atoms with E-state index in [-0.39, 0.29) is 11.4 Å². The topological polar surface area (TPSA) is 61.7 Å². The van der Waals surface area contributed by atoms with Crippen molar-refractivity contribution in [1.82, 2.24) is 0 Å². The molecule has 0 bridgehead atoms. The molecule has 1 atom stereocenters. The molecule has 0 heterocycles. The van der Waals surface area contributed by atoms with Gasteiger partial charge in [-0.1, -0.05) is 0 Å². The van der Waals surface area contributed by atoms with Crippen molar-refractivity contribution in [3.05, 3.63) is 53.8 Å². The van der Waals surface area contributed by atoms with Crippen molar-refractivity contribution < 1.29 is 27.5 Å². The Morgan fingerprint density at radius 1 is 1.25 bits per heavy atom. The Bertz CT molecular complexity index is 909. The first-order valence-electron chi connectivity index (χ1n) is 7.74. The summed E-state index contributed by atoms with van der Waals surface area (Å²) >= 11 is 5.43. The van der Waals surface area contributed by atoms with E-state index in [1.807, 2.05) is 5.16 Å². The van der Waals surface area contributed by atoms with Crippen molar-refractivity contribution in [2.24, 2.45) is 4.99 Å². The normalized spacial score (nSPS) is 13.4. The van der Waals surface area contributed by atoms with Crippen LogP contribution in [0.5, 0.6) is 0 Å². The highest BCUT2D eigenvalue weighted by Crippen LogP contribution is 2.38. The van der Waals surface area contributed by atoms with Crippen LogP contribution in [0.3, 0.4) is 0 Å². The summed E-state index contributed by atoms with van der Waals surface area (Å²) in [4.78, 5) is 16.3. The number of thioether (sulfide) groups is 1. The fourth-order valence-electron chi connectivity index (χ4n) is 2.07. The molecule has 0 aliphatic rings. The van der Waals surface area contributed by atoms with Crippen LogP contribution in [0.15, 0.2) is 52.4 Å². The maximum absolute atomic E-state index is 13.1. The van der Waals surface area contributed by atoms with Gasteiger partial charge in [0.25, 0.3) is 5.91 Å². The van der Waals surface area contributed by atoms with Gasteiger partial charge < -0.3 is 10.4 Å². The van der Waals surface area contributed by atoms with Crippen molar-refractivity contribution in [3.63, 3.8) is 0 Å². The third kappa shape index (κ3) is 5.87. The van der Waals surface area contributed by atoms with Crippen LogP contribution in [-0.2, 0) is 11.0 Å². The van der Waals surface area contributed by atoms with Gasteiger partial charge in [-0.15, -0.1) is 11.8 Å². The lowest BCUT2D eigenvalue weighted by molar-refractivity contribution is -0.137. The molecular weight excluding hydrogens is 416 g/mol. The highest BCUT2D eigenvalue weighted by molar-refractivity contribution is 7.99. The van der Waals surface area contributed by atoms with E-state index >= 15 is 0 Å². The van der Waals surface area contributed by atoms with Crippen LogP contribution in [0.2, 0.25) is 0 Å². The van der Waals surface area contributed by atoms with E-state index in [9.17, 15) is 27.5 Å². The van der Waals surface area contributed by atoms with Crippen LogP contribution in [0.25, 0.3) is 0 Å². The number of carbonyl (C=O) groups excluding carboxylic acids is 1. The van der Waals surface area contributed by atoms with Crippen molar-refractivity contribution in [3.8, 4) is 0 Å². The molecule has 0 saturated carbocycles. The van der Waals surface area contributed by atoms with Crippen molar-refractivity contribution in [1.29, 1.82) is 0 Å². The molecular formula is C18H14F4N2O2S2. The molecule has 1 unspecified atom stereocenters.